The van der Waals surface area contributed by atoms with E-state index in [0.717, 1.165) is 29.4 Å². The predicted molar refractivity (Wildman–Crippen MR) is 75.1 cm³/mol. The van der Waals surface area contributed by atoms with E-state index in [1.54, 1.807) is 0 Å². The van der Waals surface area contributed by atoms with E-state index in [1.807, 2.05) is 25.3 Å². The minimum atomic E-state index is 0.695. The van der Waals surface area contributed by atoms with Crippen LogP contribution in [0.3, 0.4) is 0 Å². The van der Waals surface area contributed by atoms with Crippen molar-refractivity contribution < 1.29 is 4.74 Å². The number of rotatable bonds is 6. The van der Waals surface area contributed by atoms with Crippen molar-refractivity contribution in [2.24, 2.45) is 0 Å². The zero-order chi connectivity index (χ0) is 13.1. The van der Waals surface area contributed by atoms with Crippen LogP contribution >= 0.6 is 0 Å². The van der Waals surface area contributed by atoms with Gasteiger partial charge < -0.3 is 15.0 Å². The van der Waals surface area contributed by atoms with Crippen LogP contribution in [0.25, 0.3) is 11.3 Å². The first-order chi connectivity index (χ1) is 9.35. The van der Waals surface area contributed by atoms with Gasteiger partial charge in [-0.2, -0.15) is 0 Å². The Bertz CT molecular complexity index is 529. The van der Waals surface area contributed by atoms with Crippen molar-refractivity contribution in [3.63, 3.8) is 0 Å². The number of ether oxygens (including phenoxy) is 1. The Kier molecular flexibility index (Phi) is 3.51. The number of aromatic nitrogens is 2. The Labute approximate surface area is 113 Å². The topological polar surface area (TPSA) is 49.9 Å². The molecular formula is C15H19N3O. The Balaban J connectivity index is 1.66. The van der Waals surface area contributed by atoms with Gasteiger partial charge in [-0.05, 0) is 49.6 Å². The van der Waals surface area contributed by atoms with E-state index >= 15 is 0 Å². The second kappa shape index (κ2) is 5.45. The number of hydrogen-bond acceptors (Lipinski definition) is 3. The van der Waals surface area contributed by atoms with E-state index in [1.165, 1.54) is 12.8 Å². The molecule has 0 saturated heterocycles. The highest BCUT2D eigenvalue weighted by Gasteiger charge is 2.20. The van der Waals surface area contributed by atoms with Crippen LogP contribution in [-0.4, -0.2) is 22.6 Å². The van der Waals surface area contributed by atoms with Crippen molar-refractivity contribution in [3.05, 3.63) is 36.3 Å². The molecule has 2 N–H and O–H groups in total. The number of benzene rings is 1. The predicted octanol–water partition coefficient (Wildman–Crippen LogP) is 2.73. The fraction of sp³-hybridized carbons (Fsp3) is 0.400. The van der Waals surface area contributed by atoms with Gasteiger partial charge in [0, 0.05) is 6.04 Å². The summed E-state index contributed by atoms with van der Waals surface area (Å²) >= 11 is 0. The summed E-state index contributed by atoms with van der Waals surface area (Å²) in [4.78, 5) is 7.75. The number of hydrogen-bond donors (Lipinski definition) is 2. The molecule has 1 aliphatic carbocycles. The van der Waals surface area contributed by atoms with Gasteiger partial charge in [0.15, 0.2) is 0 Å². The van der Waals surface area contributed by atoms with Gasteiger partial charge >= 0.3 is 0 Å². The van der Waals surface area contributed by atoms with Gasteiger partial charge in [-0.15, -0.1) is 0 Å². The number of imidazole rings is 1. The highest BCUT2D eigenvalue weighted by molar-refractivity contribution is 5.59. The number of nitrogens with zero attached hydrogens (tertiary/aromatic N) is 1. The van der Waals surface area contributed by atoms with Crippen LogP contribution < -0.4 is 10.1 Å². The van der Waals surface area contributed by atoms with Gasteiger partial charge in [0.2, 0.25) is 0 Å². The highest BCUT2D eigenvalue weighted by Crippen LogP contribution is 2.22. The molecule has 2 aromatic rings. The summed E-state index contributed by atoms with van der Waals surface area (Å²) in [5.41, 5.74) is 2.18. The van der Waals surface area contributed by atoms with Crippen LogP contribution in [0, 0.1) is 0 Å². The monoisotopic (exact) mass is 257 g/mol. The smallest absolute Gasteiger partial charge is 0.120 e. The molecule has 3 rings (SSSR count). The van der Waals surface area contributed by atoms with Crippen molar-refractivity contribution in [2.45, 2.75) is 32.4 Å². The second-order valence-corrected chi connectivity index (χ2v) is 4.86. The van der Waals surface area contributed by atoms with E-state index < -0.39 is 0 Å². The van der Waals surface area contributed by atoms with Crippen molar-refractivity contribution in [1.82, 2.24) is 15.3 Å². The standard InChI is InChI=1S/C15H19N3O/c1-2-19-13-7-3-11(4-8-13)14-9-17-15(18-14)10-16-12-5-6-12/h3-4,7-9,12,16H,2,5-6,10H2,1H3,(H,17,18). The molecule has 1 heterocycles. The summed E-state index contributed by atoms with van der Waals surface area (Å²) in [6, 6.07) is 8.79. The van der Waals surface area contributed by atoms with Gasteiger partial charge in [-0.3, -0.25) is 0 Å². The van der Waals surface area contributed by atoms with E-state index in [2.05, 4.69) is 27.4 Å². The maximum atomic E-state index is 5.44. The van der Waals surface area contributed by atoms with Crippen LogP contribution in [0.1, 0.15) is 25.6 Å². The quantitative estimate of drug-likeness (QED) is 0.836. The lowest BCUT2D eigenvalue weighted by atomic mass is 10.2. The largest absolute Gasteiger partial charge is 0.494 e. The number of aromatic amines is 1. The minimum Gasteiger partial charge on any atom is -0.494 e. The molecule has 4 heteroatoms. The molecule has 0 amide bonds. The third kappa shape index (κ3) is 3.15. The normalized spacial score (nSPS) is 14.6. The van der Waals surface area contributed by atoms with Gasteiger partial charge in [0.05, 0.1) is 25.0 Å². The lowest BCUT2D eigenvalue weighted by Crippen LogP contribution is -2.16. The molecule has 1 aromatic carbocycles. The maximum absolute atomic E-state index is 5.44. The molecule has 19 heavy (non-hydrogen) atoms. The Morgan fingerprint density at radius 1 is 1.32 bits per heavy atom. The van der Waals surface area contributed by atoms with Crippen molar-refractivity contribution in [3.8, 4) is 17.0 Å². The molecule has 0 aliphatic heterocycles. The first-order valence-corrected chi connectivity index (χ1v) is 6.85. The summed E-state index contributed by atoms with van der Waals surface area (Å²) in [5, 5.41) is 3.45. The zero-order valence-electron chi connectivity index (χ0n) is 11.1. The van der Waals surface area contributed by atoms with Crippen molar-refractivity contribution >= 4 is 0 Å². The molecule has 1 fully saturated rings. The van der Waals surface area contributed by atoms with E-state index in [-0.39, 0.29) is 0 Å². The molecule has 100 valence electrons. The fourth-order valence-electron chi connectivity index (χ4n) is 2.02. The average molecular weight is 257 g/mol. The van der Waals surface area contributed by atoms with E-state index in [9.17, 15) is 0 Å². The molecule has 1 aromatic heterocycles. The van der Waals surface area contributed by atoms with Crippen LogP contribution in [0.2, 0.25) is 0 Å². The average Bonchev–Trinajstić information content (AvgIpc) is 3.15. The number of nitrogens with one attached hydrogen (secondary N) is 2. The third-order valence-corrected chi connectivity index (χ3v) is 3.24. The Hall–Kier alpha value is -1.81. The lowest BCUT2D eigenvalue weighted by molar-refractivity contribution is 0.340. The summed E-state index contributed by atoms with van der Waals surface area (Å²) in [7, 11) is 0. The molecular weight excluding hydrogens is 238 g/mol. The Morgan fingerprint density at radius 2 is 2.11 bits per heavy atom. The van der Waals surface area contributed by atoms with Gasteiger partial charge in [-0.25, -0.2) is 4.98 Å². The van der Waals surface area contributed by atoms with E-state index in [0.29, 0.717) is 12.6 Å². The van der Waals surface area contributed by atoms with Crippen molar-refractivity contribution in [1.29, 1.82) is 0 Å². The molecule has 1 saturated carbocycles. The molecule has 4 nitrogen and oxygen atoms in total. The van der Waals surface area contributed by atoms with Gasteiger partial charge in [0.25, 0.3) is 0 Å². The number of H-pyrrole nitrogens is 1. The van der Waals surface area contributed by atoms with Crippen LogP contribution in [0.4, 0.5) is 0 Å². The molecule has 0 atom stereocenters. The van der Waals surface area contributed by atoms with Crippen LogP contribution in [-0.2, 0) is 6.54 Å². The van der Waals surface area contributed by atoms with Gasteiger partial charge in [0.1, 0.15) is 11.6 Å². The molecule has 0 spiro atoms. The third-order valence-electron chi connectivity index (χ3n) is 3.24. The van der Waals surface area contributed by atoms with Gasteiger partial charge in [-0.1, -0.05) is 0 Å². The summed E-state index contributed by atoms with van der Waals surface area (Å²) in [6.07, 6.45) is 4.48. The summed E-state index contributed by atoms with van der Waals surface area (Å²) < 4.78 is 5.44. The SMILES string of the molecule is CCOc1ccc(-c2cnc(CNC3CC3)[nH]2)cc1. The van der Waals surface area contributed by atoms with E-state index in [4.69, 9.17) is 4.74 Å². The molecule has 0 bridgehead atoms. The minimum absolute atomic E-state index is 0.695. The maximum Gasteiger partial charge on any atom is 0.120 e. The van der Waals surface area contributed by atoms with Crippen LogP contribution in [0.5, 0.6) is 5.75 Å². The molecule has 0 radical (unpaired) electrons. The second-order valence-electron chi connectivity index (χ2n) is 4.86. The fourth-order valence-corrected chi connectivity index (χ4v) is 2.02. The van der Waals surface area contributed by atoms with Crippen LogP contribution in [0.15, 0.2) is 30.5 Å². The Morgan fingerprint density at radius 3 is 2.79 bits per heavy atom. The first-order valence-electron chi connectivity index (χ1n) is 6.85. The highest BCUT2D eigenvalue weighted by atomic mass is 16.5. The molecule has 1 aliphatic rings. The molecule has 0 unspecified atom stereocenters. The zero-order valence-corrected chi connectivity index (χ0v) is 11.1. The first kappa shape index (κ1) is 12.2. The van der Waals surface area contributed by atoms with Crippen molar-refractivity contribution in [2.75, 3.05) is 6.61 Å². The summed E-state index contributed by atoms with van der Waals surface area (Å²) in [5.74, 6) is 1.90. The lowest BCUT2D eigenvalue weighted by Gasteiger charge is -2.03. The summed E-state index contributed by atoms with van der Waals surface area (Å²) in [6.45, 7) is 3.50.